The van der Waals surface area contributed by atoms with Crippen LogP contribution >= 0.6 is 15.9 Å². The Morgan fingerprint density at radius 2 is 2.00 bits per heavy atom. The van der Waals surface area contributed by atoms with Crippen molar-refractivity contribution in [3.63, 3.8) is 0 Å². The lowest BCUT2D eigenvalue weighted by Crippen LogP contribution is -2.29. The summed E-state index contributed by atoms with van der Waals surface area (Å²) in [7, 11) is 0. The van der Waals surface area contributed by atoms with E-state index in [4.69, 9.17) is 4.98 Å². The van der Waals surface area contributed by atoms with Gasteiger partial charge in [-0.3, -0.25) is 14.1 Å². The molecule has 1 unspecified atom stereocenters. The van der Waals surface area contributed by atoms with E-state index < -0.39 is 0 Å². The van der Waals surface area contributed by atoms with Gasteiger partial charge in [-0.1, -0.05) is 47.1 Å². The van der Waals surface area contributed by atoms with E-state index in [1.165, 1.54) is 5.56 Å². The van der Waals surface area contributed by atoms with Gasteiger partial charge < -0.3 is 0 Å². The topological polar surface area (TPSA) is 37.6 Å². The molecule has 0 aliphatic rings. The number of fused-ring (bicyclic) bond motifs is 1. The smallest absolute Gasteiger partial charge is 0.258 e. The molecule has 2 heterocycles. The van der Waals surface area contributed by atoms with Gasteiger partial charge in [-0.15, -0.1) is 0 Å². The number of benzene rings is 1. The van der Waals surface area contributed by atoms with E-state index in [9.17, 15) is 4.79 Å². The quantitative estimate of drug-likeness (QED) is 0.585. The lowest BCUT2D eigenvalue weighted by atomic mass is 10.1. The minimum Gasteiger partial charge on any atom is -0.291 e. The molecule has 0 radical (unpaired) electrons. The van der Waals surface area contributed by atoms with Gasteiger partial charge in [-0.05, 0) is 50.1 Å². The van der Waals surface area contributed by atoms with Crippen molar-refractivity contribution in [3.05, 3.63) is 80.3 Å². The Bertz CT molecular complexity index is 967. The van der Waals surface area contributed by atoms with Gasteiger partial charge in [0.2, 0.25) is 0 Å². The van der Waals surface area contributed by atoms with E-state index in [0.29, 0.717) is 6.54 Å². The van der Waals surface area contributed by atoms with E-state index in [2.05, 4.69) is 52.9 Å². The second kappa shape index (κ2) is 8.14. The summed E-state index contributed by atoms with van der Waals surface area (Å²) >= 11 is 3.66. The molecule has 0 aliphatic heterocycles. The summed E-state index contributed by atoms with van der Waals surface area (Å²) in [5.41, 5.74) is 3.78. The molecule has 26 heavy (non-hydrogen) atoms. The number of nitrogens with zero attached hydrogens (tertiary/aromatic N) is 3. The summed E-state index contributed by atoms with van der Waals surface area (Å²) in [4.78, 5) is 19.6. The Kier molecular flexibility index (Phi) is 5.89. The molecular weight excluding hydrogens is 390 g/mol. The van der Waals surface area contributed by atoms with Crippen LogP contribution in [0.3, 0.4) is 0 Å². The minimum absolute atomic E-state index is 0.0290. The first-order valence-corrected chi connectivity index (χ1v) is 9.77. The lowest BCUT2D eigenvalue weighted by Gasteiger charge is -2.29. The summed E-state index contributed by atoms with van der Waals surface area (Å²) in [5.74, 6) is 0. The van der Waals surface area contributed by atoms with Crippen molar-refractivity contribution in [3.8, 4) is 0 Å². The van der Waals surface area contributed by atoms with Crippen molar-refractivity contribution in [1.82, 2.24) is 14.3 Å². The van der Waals surface area contributed by atoms with Crippen LogP contribution in [0, 0.1) is 6.92 Å². The summed E-state index contributed by atoms with van der Waals surface area (Å²) < 4.78 is 2.72. The molecule has 0 saturated carbocycles. The number of halogens is 1. The first-order valence-electron chi connectivity index (χ1n) is 8.97. The van der Waals surface area contributed by atoms with Gasteiger partial charge >= 0.3 is 0 Å². The molecule has 0 fully saturated rings. The molecule has 5 heteroatoms. The maximum Gasteiger partial charge on any atom is 0.258 e. The standard InChI is InChI=1S/C21H24BrN3O/c1-4-11-24(16(3)18-9-5-6-10-19(18)22)14-17-13-20(26)25-12-7-8-15(2)21(25)23-17/h5-10,12-13,16H,4,11,14H2,1-3H3. The molecule has 2 aromatic heterocycles. The van der Waals surface area contributed by atoms with Crippen molar-refractivity contribution >= 4 is 21.6 Å². The number of rotatable bonds is 6. The van der Waals surface area contributed by atoms with Crippen molar-refractivity contribution in [2.24, 2.45) is 0 Å². The molecule has 0 spiro atoms. The summed E-state index contributed by atoms with van der Waals surface area (Å²) in [6.07, 6.45) is 2.81. The van der Waals surface area contributed by atoms with E-state index in [0.717, 1.165) is 34.3 Å². The van der Waals surface area contributed by atoms with Crippen LogP contribution in [0.15, 0.2) is 57.9 Å². The van der Waals surface area contributed by atoms with Gasteiger partial charge in [0.15, 0.2) is 0 Å². The third-order valence-electron chi connectivity index (χ3n) is 4.72. The van der Waals surface area contributed by atoms with Crippen molar-refractivity contribution in [2.75, 3.05) is 6.54 Å². The zero-order chi connectivity index (χ0) is 18.7. The van der Waals surface area contributed by atoms with E-state index in [-0.39, 0.29) is 11.6 Å². The van der Waals surface area contributed by atoms with Crippen LogP contribution in [0.4, 0.5) is 0 Å². The zero-order valence-corrected chi connectivity index (χ0v) is 17.0. The van der Waals surface area contributed by atoms with Crippen LogP contribution < -0.4 is 5.56 Å². The summed E-state index contributed by atoms with van der Waals surface area (Å²) in [5, 5.41) is 0. The predicted molar refractivity (Wildman–Crippen MR) is 109 cm³/mol. The number of pyridine rings is 1. The first-order chi connectivity index (χ1) is 12.5. The fraction of sp³-hybridized carbons (Fsp3) is 0.333. The Morgan fingerprint density at radius 3 is 2.73 bits per heavy atom. The van der Waals surface area contributed by atoms with Crippen molar-refractivity contribution < 1.29 is 0 Å². The second-order valence-electron chi connectivity index (χ2n) is 6.64. The fourth-order valence-corrected chi connectivity index (χ4v) is 3.92. The van der Waals surface area contributed by atoms with Crippen molar-refractivity contribution in [1.29, 1.82) is 0 Å². The fourth-order valence-electron chi connectivity index (χ4n) is 3.31. The van der Waals surface area contributed by atoms with Crippen LogP contribution in [0.1, 0.15) is 43.1 Å². The van der Waals surface area contributed by atoms with Gasteiger partial charge in [0.25, 0.3) is 5.56 Å². The zero-order valence-electron chi connectivity index (χ0n) is 15.4. The Morgan fingerprint density at radius 1 is 1.23 bits per heavy atom. The molecule has 4 nitrogen and oxygen atoms in total. The molecule has 1 aromatic carbocycles. The molecule has 0 saturated heterocycles. The van der Waals surface area contributed by atoms with E-state index >= 15 is 0 Å². The first kappa shape index (κ1) is 18.8. The van der Waals surface area contributed by atoms with Gasteiger partial charge in [0.05, 0.1) is 5.69 Å². The second-order valence-corrected chi connectivity index (χ2v) is 7.49. The number of hydrogen-bond donors (Lipinski definition) is 0. The highest BCUT2D eigenvalue weighted by Crippen LogP contribution is 2.28. The highest BCUT2D eigenvalue weighted by Gasteiger charge is 2.18. The molecule has 0 N–H and O–H groups in total. The van der Waals surface area contributed by atoms with Crippen LogP contribution in [0.5, 0.6) is 0 Å². The number of hydrogen-bond acceptors (Lipinski definition) is 3. The van der Waals surface area contributed by atoms with Gasteiger partial charge in [0.1, 0.15) is 5.65 Å². The Labute approximate surface area is 162 Å². The minimum atomic E-state index is -0.0290. The SMILES string of the molecule is CCCN(Cc1cc(=O)n2cccc(C)c2n1)C(C)c1ccccc1Br. The summed E-state index contributed by atoms with van der Waals surface area (Å²) in [6, 6.07) is 14.0. The molecule has 0 bridgehead atoms. The monoisotopic (exact) mass is 413 g/mol. The molecule has 136 valence electrons. The highest BCUT2D eigenvalue weighted by molar-refractivity contribution is 9.10. The lowest BCUT2D eigenvalue weighted by molar-refractivity contribution is 0.199. The van der Waals surface area contributed by atoms with Crippen LogP contribution in [0.25, 0.3) is 5.65 Å². The van der Waals surface area contributed by atoms with Crippen LogP contribution in [-0.2, 0) is 6.54 Å². The molecular formula is C21H24BrN3O. The van der Waals surface area contributed by atoms with Crippen molar-refractivity contribution in [2.45, 2.75) is 39.8 Å². The molecule has 1 atom stereocenters. The van der Waals surface area contributed by atoms with Gasteiger partial charge in [-0.2, -0.15) is 0 Å². The van der Waals surface area contributed by atoms with Crippen LogP contribution in [-0.4, -0.2) is 20.8 Å². The molecule has 0 amide bonds. The number of aryl methyl sites for hydroxylation is 1. The molecule has 0 aliphatic carbocycles. The normalized spacial score (nSPS) is 12.7. The average Bonchev–Trinajstić information content (AvgIpc) is 2.62. The third-order valence-corrected chi connectivity index (χ3v) is 5.44. The van der Waals surface area contributed by atoms with Gasteiger partial charge in [0, 0.05) is 29.3 Å². The molecule has 3 rings (SSSR count). The predicted octanol–water partition coefficient (Wildman–Crippen LogP) is 4.74. The van der Waals surface area contributed by atoms with Crippen LogP contribution in [0.2, 0.25) is 0 Å². The average molecular weight is 414 g/mol. The Balaban J connectivity index is 1.96. The third kappa shape index (κ3) is 3.89. The van der Waals surface area contributed by atoms with Gasteiger partial charge in [-0.25, -0.2) is 4.98 Å². The number of aromatic nitrogens is 2. The van der Waals surface area contributed by atoms with E-state index in [1.54, 1.807) is 16.7 Å². The van der Waals surface area contributed by atoms with E-state index in [1.807, 2.05) is 25.1 Å². The summed E-state index contributed by atoms with van der Waals surface area (Å²) in [6.45, 7) is 7.95. The maximum atomic E-state index is 12.5. The molecule has 3 aromatic rings. The maximum absolute atomic E-state index is 12.5. The largest absolute Gasteiger partial charge is 0.291 e. The Hall–Kier alpha value is -1.98. The highest BCUT2D eigenvalue weighted by atomic mass is 79.9.